The molecule has 0 aliphatic rings. The number of aromatic nitrogens is 4. The lowest BCUT2D eigenvalue weighted by Gasteiger charge is -2.13. The Morgan fingerprint density at radius 2 is 1.79 bits per heavy atom. The van der Waals surface area contributed by atoms with Crippen LogP contribution in [-0.2, 0) is 16.4 Å². The molecule has 150 valence electrons. The minimum Gasteiger partial charge on any atom is -0.481 e. The third kappa shape index (κ3) is 3.81. The van der Waals surface area contributed by atoms with Gasteiger partial charge in [-0.05, 0) is 19.1 Å². The number of pyridine rings is 1. The Labute approximate surface area is 159 Å². The Balaban J connectivity index is 2.01. The molecule has 0 atom stereocenters. The highest BCUT2D eigenvalue weighted by Crippen LogP contribution is 2.30. The number of fused-ring (bicyclic) bond motifs is 1. The molecule has 0 bridgehead atoms. The van der Waals surface area contributed by atoms with Crippen molar-refractivity contribution in [2.75, 3.05) is 18.9 Å². The van der Waals surface area contributed by atoms with Crippen LogP contribution in [0.15, 0.2) is 23.2 Å². The molecule has 0 saturated heterocycles. The average molecular weight is 413 g/mol. The normalized spacial score (nSPS) is 11.8. The van der Waals surface area contributed by atoms with Gasteiger partial charge in [-0.2, -0.15) is 9.97 Å². The average Bonchev–Trinajstić information content (AvgIpc) is 3.05. The van der Waals surface area contributed by atoms with Gasteiger partial charge in [-0.15, -0.1) is 0 Å². The third-order valence-electron chi connectivity index (χ3n) is 3.83. The van der Waals surface area contributed by atoms with Gasteiger partial charge in [0.05, 0.1) is 19.8 Å². The summed E-state index contributed by atoms with van der Waals surface area (Å²) in [6, 6.07) is 3.30. The van der Waals surface area contributed by atoms with Gasteiger partial charge in [0.25, 0.3) is 10.0 Å². The van der Waals surface area contributed by atoms with E-state index in [1.165, 1.54) is 20.4 Å². The maximum atomic E-state index is 12.8. The largest absolute Gasteiger partial charge is 0.481 e. The zero-order valence-electron chi connectivity index (χ0n) is 15.2. The Bertz CT molecular complexity index is 1090. The molecule has 0 aliphatic heterocycles. The van der Waals surface area contributed by atoms with E-state index < -0.39 is 22.9 Å². The first-order valence-electron chi connectivity index (χ1n) is 7.99. The van der Waals surface area contributed by atoms with Gasteiger partial charge < -0.3 is 14.5 Å². The van der Waals surface area contributed by atoms with Crippen LogP contribution in [0.1, 0.15) is 11.3 Å². The standard InChI is InChI=1S/C16H17F2N5O4S/c1-8-4-5-9-11(7-19-13(9)20-8)28(24,25)23-16-21-14(26-2)10(6-12(17)18)15(22-16)27-3/h4-5,7,12H,6H2,1-3H3,(H,19,20)(H,21,22,23). The number of sulfonamides is 1. The van der Waals surface area contributed by atoms with Crippen LogP contribution in [-0.4, -0.2) is 49.0 Å². The van der Waals surface area contributed by atoms with Crippen LogP contribution >= 0.6 is 0 Å². The number of alkyl halides is 2. The quantitative estimate of drug-likeness (QED) is 0.610. The second kappa shape index (κ2) is 7.54. The van der Waals surface area contributed by atoms with Crippen molar-refractivity contribution in [3.8, 4) is 11.8 Å². The summed E-state index contributed by atoms with van der Waals surface area (Å²) in [6.07, 6.45) is -2.09. The van der Waals surface area contributed by atoms with E-state index in [0.717, 1.165) is 5.69 Å². The van der Waals surface area contributed by atoms with E-state index >= 15 is 0 Å². The van der Waals surface area contributed by atoms with Crippen LogP contribution in [0.3, 0.4) is 0 Å². The fraction of sp³-hybridized carbons (Fsp3) is 0.312. The molecule has 9 nitrogen and oxygen atoms in total. The van der Waals surface area contributed by atoms with Gasteiger partial charge in [-0.1, -0.05) is 0 Å². The van der Waals surface area contributed by atoms with E-state index in [4.69, 9.17) is 9.47 Å². The molecule has 3 aromatic heterocycles. The molecule has 0 aliphatic carbocycles. The summed E-state index contributed by atoms with van der Waals surface area (Å²) in [4.78, 5) is 14.7. The van der Waals surface area contributed by atoms with Gasteiger partial charge in [0.15, 0.2) is 0 Å². The van der Waals surface area contributed by atoms with Crippen molar-refractivity contribution >= 4 is 27.0 Å². The Morgan fingerprint density at radius 3 is 2.36 bits per heavy atom. The number of hydrogen-bond acceptors (Lipinski definition) is 7. The van der Waals surface area contributed by atoms with Crippen molar-refractivity contribution in [2.45, 2.75) is 24.7 Å². The number of halogens is 2. The van der Waals surface area contributed by atoms with E-state index in [0.29, 0.717) is 11.0 Å². The van der Waals surface area contributed by atoms with E-state index in [2.05, 4.69) is 24.7 Å². The summed E-state index contributed by atoms with van der Waals surface area (Å²) in [7, 11) is -1.65. The highest BCUT2D eigenvalue weighted by molar-refractivity contribution is 7.93. The van der Waals surface area contributed by atoms with Crippen molar-refractivity contribution in [1.29, 1.82) is 0 Å². The third-order valence-corrected chi connectivity index (χ3v) is 5.20. The predicted octanol–water partition coefficient (Wildman–Crippen LogP) is 2.29. The Kier molecular flexibility index (Phi) is 5.31. The van der Waals surface area contributed by atoms with Gasteiger partial charge in [-0.25, -0.2) is 26.9 Å². The van der Waals surface area contributed by atoms with E-state index in [9.17, 15) is 17.2 Å². The van der Waals surface area contributed by atoms with Crippen molar-refractivity contribution in [2.24, 2.45) is 0 Å². The van der Waals surface area contributed by atoms with Crippen LogP contribution in [0.25, 0.3) is 11.0 Å². The summed E-state index contributed by atoms with van der Waals surface area (Å²) in [5.74, 6) is -0.789. The molecule has 0 fully saturated rings. The number of hydrogen-bond donors (Lipinski definition) is 2. The highest BCUT2D eigenvalue weighted by atomic mass is 32.2. The Morgan fingerprint density at radius 1 is 1.14 bits per heavy atom. The van der Waals surface area contributed by atoms with E-state index in [1.54, 1.807) is 19.1 Å². The lowest BCUT2D eigenvalue weighted by Crippen LogP contribution is -2.16. The zero-order valence-corrected chi connectivity index (χ0v) is 16.0. The lowest BCUT2D eigenvalue weighted by molar-refractivity contribution is 0.146. The molecule has 0 radical (unpaired) electrons. The number of nitrogens with one attached hydrogen (secondary N) is 2. The minimum atomic E-state index is -4.10. The number of H-pyrrole nitrogens is 1. The number of ether oxygens (including phenoxy) is 2. The molecule has 0 unspecified atom stereocenters. The Hall–Kier alpha value is -3.02. The van der Waals surface area contributed by atoms with Crippen molar-refractivity contribution in [1.82, 2.24) is 19.9 Å². The van der Waals surface area contributed by atoms with Crippen molar-refractivity contribution in [3.63, 3.8) is 0 Å². The summed E-state index contributed by atoms with van der Waals surface area (Å²) in [5, 5.41) is 0.381. The molecule has 0 amide bonds. The topological polar surface area (TPSA) is 119 Å². The fourth-order valence-corrected chi connectivity index (χ4v) is 3.74. The van der Waals surface area contributed by atoms with Gasteiger partial charge in [0, 0.05) is 23.7 Å². The first-order valence-corrected chi connectivity index (χ1v) is 9.48. The number of anilines is 1. The summed E-state index contributed by atoms with van der Waals surface area (Å²) in [5.41, 5.74) is 1.07. The van der Waals surface area contributed by atoms with Crippen LogP contribution in [0.5, 0.6) is 11.8 Å². The van der Waals surface area contributed by atoms with Gasteiger partial charge in [0.2, 0.25) is 24.1 Å². The van der Waals surface area contributed by atoms with Crippen molar-refractivity contribution < 1.29 is 26.7 Å². The molecule has 0 spiro atoms. The number of rotatable bonds is 7. The molecular weight excluding hydrogens is 396 g/mol. The number of aryl methyl sites for hydroxylation is 1. The minimum absolute atomic E-state index is 0.0604. The summed E-state index contributed by atoms with van der Waals surface area (Å²) in [6.45, 7) is 1.78. The molecule has 28 heavy (non-hydrogen) atoms. The number of methoxy groups -OCH3 is 2. The second-order valence-corrected chi connectivity index (χ2v) is 7.40. The molecule has 2 N–H and O–H groups in total. The van der Waals surface area contributed by atoms with E-state index in [-0.39, 0.29) is 28.2 Å². The molecule has 12 heteroatoms. The SMILES string of the molecule is COc1nc(NS(=O)(=O)c2c[nH]c3nc(C)ccc23)nc(OC)c1CC(F)F. The number of nitrogens with zero attached hydrogens (tertiary/aromatic N) is 3. The van der Waals surface area contributed by atoms with E-state index in [1.807, 2.05) is 0 Å². The number of aromatic amines is 1. The van der Waals surface area contributed by atoms with Crippen LogP contribution in [0.4, 0.5) is 14.7 Å². The first kappa shape index (κ1) is 19.7. The lowest BCUT2D eigenvalue weighted by atomic mass is 10.2. The predicted molar refractivity (Wildman–Crippen MR) is 96.5 cm³/mol. The maximum absolute atomic E-state index is 12.8. The van der Waals surface area contributed by atoms with Crippen LogP contribution < -0.4 is 14.2 Å². The molecule has 3 heterocycles. The smallest absolute Gasteiger partial charge is 0.266 e. The molecule has 3 aromatic rings. The highest BCUT2D eigenvalue weighted by Gasteiger charge is 2.24. The fourth-order valence-electron chi connectivity index (χ4n) is 2.63. The zero-order chi connectivity index (χ0) is 20.5. The molecule has 3 rings (SSSR count). The van der Waals surface area contributed by atoms with Gasteiger partial charge >= 0.3 is 0 Å². The first-order chi connectivity index (χ1) is 13.2. The van der Waals surface area contributed by atoms with Crippen LogP contribution in [0.2, 0.25) is 0 Å². The summed E-state index contributed by atoms with van der Waals surface area (Å²) < 4.78 is 63.4. The van der Waals surface area contributed by atoms with Crippen LogP contribution in [0, 0.1) is 6.92 Å². The molecular formula is C16H17F2N5O4S. The summed E-state index contributed by atoms with van der Waals surface area (Å²) >= 11 is 0. The van der Waals surface area contributed by atoms with Gasteiger partial charge in [0.1, 0.15) is 10.5 Å². The van der Waals surface area contributed by atoms with Gasteiger partial charge in [-0.3, -0.25) is 0 Å². The van der Waals surface area contributed by atoms with Crippen molar-refractivity contribution in [3.05, 3.63) is 29.6 Å². The molecule has 0 aromatic carbocycles. The second-order valence-electron chi connectivity index (χ2n) is 5.75. The molecule has 0 saturated carbocycles. The monoisotopic (exact) mass is 413 g/mol. The maximum Gasteiger partial charge on any atom is 0.266 e.